The molecule has 1 amide bonds. The summed E-state index contributed by atoms with van der Waals surface area (Å²) < 4.78 is 72.0. The van der Waals surface area contributed by atoms with Crippen molar-refractivity contribution < 1.29 is 36.6 Å². The Kier molecular flexibility index (Phi) is 15.2. The average Bonchev–Trinajstić information content (AvgIpc) is 3.86. The Morgan fingerprint density at radius 3 is 2.38 bits per heavy atom. The van der Waals surface area contributed by atoms with Crippen LogP contribution in [-0.4, -0.2) is 55.2 Å². The molecule has 0 aliphatic heterocycles. The van der Waals surface area contributed by atoms with Crippen LogP contribution in [0.2, 0.25) is 0 Å². The van der Waals surface area contributed by atoms with Crippen LogP contribution < -0.4 is 15.6 Å². The van der Waals surface area contributed by atoms with Crippen LogP contribution in [0.3, 0.4) is 0 Å². The molecule has 314 valence electrons. The largest absolute Gasteiger partial charge is 0.493 e. The number of likely N-dealkylation sites (N-methyl/N-ethyl adjacent to an activating group) is 1. The predicted molar refractivity (Wildman–Crippen MR) is 219 cm³/mol. The SMILES string of the molecule is C=CCCCOc1cc(C2CCCC2)cc(C)c1-c1cc(C2CC2)c(F)c([C@H](CC(=O)OCC)NC(=O)[C@H](CC=C)n2cc(CCN(C)C)c(C(F)(F)F)cc2=O)c1. The number of allylic oxidation sites excluding steroid dienone is 2. The van der Waals surface area contributed by atoms with Crippen molar-refractivity contribution in [1.29, 1.82) is 0 Å². The van der Waals surface area contributed by atoms with Crippen LogP contribution in [0, 0.1) is 12.7 Å². The zero-order valence-electron chi connectivity index (χ0n) is 34.2. The van der Waals surface area contributed by atoms with E-state index in [0.717, 1.165) is 60.4 Å². The van der Waals surface area contributed by atoms with Crippen LogP contribution in [0.5, 0.6) is 5.75 Å². The van der Waals surface area contributed by atoms with E-state index in [2.05, 4.69) is 30.6 Å². The van der Waals surface area contributed by atoms with Gasteiger partial charge < -0.3 is 24.3 Å². The number of esters is 1. The molecule has 0 spiro atoms. The van der Waals surface area contributed by atoms with Crippen LogP contribution in [0.25, 0.3) is 11.1 Å². The van der Waals surface area contributed by atoms with Gasteiger partial charge in [-0.05, 0) is 137 Å². The van der Waals surface area contributed by atoms with E-state index in [-0.39, 0.29) is 43.0 Å². The van der Waals surface area contributed by atoms with E-state index in [9.17, 15) is 27.6 Å². The molecule has 2 aliphatic rings. The van der Waals surface area contributed by atoms with Crippen LogP contribution in [0.4, 0.5) is 17.6 Å². The number of aromatic nitrogens is 1. The number of pyridine rings is 1. The average molecular weight is 808 g/mol. The molecule has 1 N–H and O–H groups in total. The van der Waals surface area contributed by atoms with Gasteiger partial charge in [0.25, 0.3) is 5.56 Å². The molecular formula is C46H57F4N3O5. The van der Waals surface area contributed by atoms with Crippen molar-refractivity contribution in [3.63, 3.8) is 0 Å². The van der Waals surface area contributed by atoms with Gasteiger partial charge >= 0.3 is 12.1 Å². The van der Waals surface area contributed by atoms with Crippen LogP contribution in [-0.2, 0) is 26.9 Å². The van der Waals surface area contributed by atoms with Crippen LogP contribution in [0.15, 0.2) is 66.6 Å². The third kappa shape index (κ3) is 11.1. The fraction of sp³-hybridized carbons (Fsp3) is 0.500. The zero-order chi connectivity index (χ0) is 42.1. The summed E-state index contributed by atoms with van der Waals surface area (Å²) in [7, 11) is 3.43. The van der Waals surface area contributed by atoms with E-state index in [1.54, 1.807) is 32.0 Å². The van der Waals surface area contributed by atoms with E-state index < -0.39 is 53.5 Å². The number of nitrogens with one attached hydrogen (secondary N) is 1. The molecule has 0 radical (unpaired) electrons. The third-order valence-corrected chi connectivity index (χ3v) is 11.1. The maximum absolute atomic E-state index is 16.9. The first-order valence-electron chi connectivity index (χ1n) is 20.4. The van der Waals surface area contributed by atoms with Crippen LogP contribution in [0.1, 0.15) is 128 Å². The summed E-state index contributed by atoms with van der Waals surface area (Å²) in [6, 6.07) is 5.64. The van der Waals surface area contributed by atoms with Crippen molar-refractivity contribution in [2.75, 3.05) is 33.9 Å². The van der Waals surface area contributed by atoms with E-state index in [1.807, 2.05) is 19.1 Å². The molecule has 0 unspecified atom stereocenters. The van der Waals surface area contributed by atoms with Crippen molar-refractivity contribution >= 4 is 11.9 Å². The van der Waals surface area contributed by atoms with Crippen LogP contribution >= 0.6 is 0 Å². The number of halogens is 4. The van der Waals surface area contributed by atoms with Gasteiger partial charge in [-0.1, -0.05) is 31.1 Å². The minimum atomic E-state index is -4.80. The summed E-state index contributed by atoms with van der Waals surface area (Å²) in [5, 5.41) is 2.82. The minimum absolute atomic E-state index is 0.0427. The highest BCUT2D eigenvalue weighted by Gasteiger charge is 2.37. The molecule has 2 aliphatic carbocycles. The van der Waals surface area contributed by atoms with E-state index in [1.165, 1.54) is 24.5 Å². The first kappa shape index (κ1) is 44.4. The number of unbranched alkanes of at least 4 members (excludes halogenated alkanes) is 1. The van der Waals surface area contributed by atoms with Gasteiger partial charge in [0, 0.05) is 29.9 Å². The smallest absolute Gasteiger partial charge is 0.416 e. The Balaban J connectivity index is 1.62. The molecule has 2 fully saturated rings. The maximum atomic E-state index is 16.9. The Labute approximate surface area is 339 Å². The van der Waals surface area contributed by atoms with Gasteiger partial charge in [-0.2, -0.15) is 13.2 Å². The lowest BCUT2D eigenvalue weighted by molar-refractivity contribution is -0.144. The fourth-order valence-corrected chi connectivity index (χ4v) is 7.97. The number of ether oxygens (including phenoxy) is 2. The molecule has 1 heterocycles. The van der Waals surface area contributed by atoms with E-state index >= 15 is 4.39 Å². The monoisotopic (exact) mass is 807 g/mol. The molecule has 3 aromatic rings. The van der Waals surface area contributed by atoms with E-state index in [4.69, 9.17) is 9.47 Å². The van der Waals surface area contributed by atoms with Gasteiger partial charge in [-0.15, -0.1) is 13.2 Å². The van der Waals surface area contributed by atoms with Gasteiger partial charge in [0.1, 0.15) is 17.6 Å². The predicted octanol–water partition coefficient (Wildman–Crippen LogP) is 9.89. The standard InChI is InChI=1S/C46H57F4N3O5/c1-7-10-13-21-58-40-25-33(30-15-11-12-16-30)22-29(4)43(40)34-23-35(31-17-18-31)44(47)36(24-34)38(27-42(55)57-9-3)51-45(56)39(14-8-2)53-28-32(19-20-52(5)6)37(26-41(53)54)46(48,49)50/h7-8,22-26,28,30-31,38-39H,1-2,9-21,27H2,3-6H3,(H,51,56)/t38-,39-/m0/s1. The Morgan fingerprint density at radius 1 is 1.03 bits per heavy atom. The van der Waals surface area contributed by atoms with Crippen molar-refractivity contribution in [2.45, 2.75) is 115 Å². The number of carbonyl (C=O) groups is 2. The number of rotatable bonds is 20. The summed E-state index contributed by atoms with van der Waals surface area (Å²) in [5.41, 5.74) is 1.86. The van der Waals surface area contributed by atoms with Crippen molar-refractivity contribution in [3.8, 4) is 16.9 Å². The van der Waals surface area contributed by atoms with Gasteiger partial charge in [0.15, 0.2) is 0 Å². The summed E-state index contributed by atoms with van der Waals surface area (Å²) in [6.45, 7) is 11.9. The van der Waals surface area contributed by atoms with Gasteiger partial charge in [0.05, 0.1) is 31.2 Å². The van der Waals surface area contributed by atoms with Gasteiger partial charge in [-0.3, -0.25) is 14.4 Å². The summed E-state index contributed by atoms with van der Waals surface area (Å²) in [4.78, 5) is 42.6. The third-order valence-electron chi connectivity index (χ3n) is 11.1. The van der Waals surface area contributed by atoms with Gasteiger partial charge in [-0.25, -0.2) is 4.39 Å². The second-order valence-corrected chi connectivity index (χ2v) is 15.8. The first-order valence-corrected chi connectivity index (χ1v) is 20.4. The second kappa shape index (κ2) is 19.8. The normalized spacial score (nSPS) is 15.6. The summed E-state index contributed by atoms with van der Waals surface area (Å²) >= 11 is 0. The van der Waals surface area contributed by atoms with Crippen molar-refractivity contribution in [1.82, 2.24) is 14.8 Å². The molecule has 58 heavy (non-hydrogen) atoms. The number of amides is 1. The second-order valence-electron chi connectivity index (χ2n) is 15.8. The minimum Gasteiger partial charge on any atom is -0.493 e. The van der Waals surface area contributed by atoms with E-state index in [0.29, 0.717) is 35.5 Å². The zero-order valence-corrected chi connectivity index (χ0v) is 34.2. The number of alkyl halides is 3. The number of hydrogen-bond donors (Lipinski definition) is 1. The van der Waals surface area contributed by atoms with Gasteiger partial charge in [0.2, 0.25) is 5.91 Å². The summed E-state index contributed by atoms with van der Waals surface area (Å²) in [6.07, 6.45) is 6.49. The number of hydrogen-bond acceptors (Lipinski definition) is 6. The lowest BCUT2D eigenvalue weighted by Gasteiger charge is -2.26. The number of aryl methyl sites for hydroxylation is 1. The quantitative estimate of drug-likeness (QED) is 0.0530. The molecule has 0 saturated heterocycles. The molecule has 8 nitrogen and oxygen atoms in total. The molecule has 1 aromatic heterocycles. The molecule has 2 saturated carbocycles. The van der Waals surface area contributed by atoms with Crippen molar-refractivity contribution in [3.05, 3.63) is 111 Å². The lowest BCUT2D eigenvalue weighted by atomic mass is 9.88. The summed E-state index contributed by atoms with van der Waals surface area (Å²) in [5.74, 6) is -1.01. The molecule has 0 bridgehead atoms. The lowest BCUT2D eigenvalue weighted by Crippen LogP contribution is -2.40. The highest BCUT2D eigenvalue weighted by molar-refractivity contribution is 5.83. The topological polar surface area (TPSA) is 89.9 Å². The molecule has 2 aromatic carbocycles. The Bertz CT molecular complexity index is 2010. The number of benzene rings is 2. The molecular weight excluding hydrogens is 751 g/mol. The van der Waals surface area contributed by atoms with Crippen molar-refractivity contribution in [2.24, 2.45) is 0 Å². The maximum Gasteiger partial charge on any atom is 0.416 e. The molecule has 12 heteroatoms. The number of carbonyl (C=O) groups excluding carboxylic acids is 2. The molecule has 5 rings (SSSR count). The highest BCUT2D eigenvalue weighted by Crippen LogP contribution is 2.47. The molecule has 2 atom stereocenters. The number of nitrogens with zero attached hydrogens (tertiary/aromatic N) is 2. The highest BCUT2D eigenvalue weighted by atomic mass is 19.4. The Hall–Kier alpha value is -4.71. The first-order chi connectivity index (χ1) is 27.7. The fourth-order valence-electron chi connectivity index (χ4n) is 7.97. The Morgan fingerprint density at radius 2 is 1.76 bits per heavy atom.